The van der Waals surface area contributed by atoms with E-state index in [0.29, 0.717) is 13.2 Å². The van der Waals surface area contributed by atoms with Gasteiger partial charge in [-0.3, -0.25) is 4.84 Å². The van der Waals surface area contributed by atoms with Crippen LogP contribution in [0.2, 0.25) is 5.02 Å². The molecule has 0 aromatic heterocycles. The first-order chi connectivity index (χ1) is 8.54. The fourth-order valence-electron chi connectivity index (χ4n) is 2.50. The molecule has 3 nitrogen and oxygen atoms in total. The molecule has 0 amide bonds. The minimum Gasteiger partial charge on any atom is -0.382 e. The molecular formula is C14H20ClNO2. The van der Waals surface area contributed by atoms with Gasteiger partial charge in [0.25, 0.3) is 0 Å². The van der Waals surface area contributed by atoms with Crippen molar-refractivity contribution >= 4 is 11.6 Å². The van der Waals surface area contributed by atoms with Gasteiger partial charge in [-0.15, -0.1) is 0 Å². The van der Waals surface area contributed by atoms with Gasteiger partial charge in [-0.25, -0.2) is 0 Å². The third-order valence-corrected chi connectivity index (χ3v) is 3.67. The summed E-state index contributed by atoms with van der Waals surface area (Å²) in [5, 5.41) is 0.773. The number of halogens is 1. The number of benzene rings is 1. The molecule has 1 aromatic carbocycles. The van der Waals surface area contributed by atoms with Crippen molar-refractivity contribution in [1.82, 2.24) is 5.48 Å². The van der Waals surface area contributed by atoms with Gasteiger partial charge in [0, 0.05) is 12.1 Å². The van der Waals surface area contributed by atoms with Crippen LogP contribution in [0, 0.1) is 5.41 Å². The van der Waals surface area contributed by atoms with Crippen molar-refractivity contribution in [3.63, 3.8) is 0 Å². The second-order valence-electron chi connectivity index (χ2n) is 5.40. The van der Waals surface area contributed by atoms with Crippen molar-refractivity contribution in [2.75, 3.05) is 20.3 Å². The van der Waals surface area contributed by atoms with Gasteiger partial charge >= 0.3 is 0 Å². The molecular weight excluding hydrogens is 250 g/mol. The Morgan fingerprint density at radius 3 is 2.89 bits per heavy atom. The topological polar surface area (TPSA) is 30.5 Å². The van der Waals surface area contributed by atoms with Crippen molar-refractivity contribution < 1.29 is 9.57 Å². The number of nitrogens with one attached hydrogen (secondary N) is 1. The van der Waals surface area contributed by atoms with E-state index in [2.05, 4.69) is 25.4 Å². The Hall–Kier alpha value is -0.610. The minimum atomic E-state index is 0.125. The van der Waals surface area contributed by atoms with Crippen LogP contribution in [0.4, 0.5) is 0 Å². The van der Waals surface area contributed by atoms with Crippen LogP contribution in [0.25, 0.3) is 0 Å². The average molecular weight is 270 g/mol. The maximum absolute atomic E-state index is 6.08. The molecule has 4 heteroatoms. The highest BCUT2D eigenvalue weighted by atomic mass is 35.5. The summed E-state index contributed by atoms with van der Waals surface area (Å²) >= 11 is 6.08. The molecule has 1 unspecified atom stereocenters. The quantitative estimate of drug-likeness (QED) is 0.658. The van der Waals surface area contributed by atoms with Crippen molar-refractivity contribution in [2.45, 2.75) is 26.3 Å². The standard InChI is InChI=1S/C14H20ClNO2/c1-14(2)9-10-4-5-11(15)8-12(10)13(14)16-18-7-6-17-3/h4-5,8,13,16H,6-7,9H2,1-3H3. The first-order valence-corrected chi connectivity index (χ1v) is 6.57. The van der Waals surface area contributed by atoms with E-state index in [1.807, 2.05) is 12.1 Å². The third-order valence-electron chi connectivity index (χ3n) is 3.44. The summed E-state index contributed by atoms with van der Waals surface area (Å²) in [6.07, 6.45) is 1.03. The smallest absolute Gasteiger partial charge is 0.0916 e. The van der Waals surface area contributed by atoms with Gasteiger partial charge in [-0.1, -0.05) is 31.5 Å². The van der Waals surface area contributed by atoms with Crippen molar-refractivity contribution in [3.8, 4) is 0 Å². The molecule has 1 aromatic rings. The van der Waals surface area contributed by atoms with Crippen LogP contribution in [-0.4, -0.2) is 20.3 Å². The summed E-state index contributed by atoms with van der Waals surface area (Å²) in [7, 11) is 1.66. The molecule has 18 heavy (non-hydrogen) atoms. The lowest BCUT2D eigenvalue weighted by atomic mass is 9.86. The number of fused-ring (bicyclic) bond motifs is 1. The Labute approximate surface area is 113 Å². The molecule has 1 aliphatic carbocycles. The summed E-state index contributed by atoms with van der Waals surface area (Å²) < 4.78 is 4.96. The van der Waals surface area contributed by atoms with Crippen LogP contribution in [0.15, 0.2) is 18.2 Å². The van der Waals surface area contributed by atoms with E-state index >= 15 is 0 Å². The third kappa shape index (κ3) is 2.86. The van der Waals surface area contributed by atoms with Crippen molar-refractivity contribution in [3.05, 3.63) is 34.3 Å². The van der Waals surface area contributed by atoms with Gasteiger partial charge in [0.2, 0.25) is 0 Å². The van der Waals surface area contributed by atoms with Gasteiger partial charge in [0.05, 0.1) is 19.3 Å². The highest BCUT2D eigenvalue weighted by Gasteiger charge is 2.39. The monoisotopic (exact) mass is 269 g/mol. The molecule has 2 rings (SSSR count). The molecule has 0 fully saturated rings. The maximum Gasteiger partial charge on any atom is 0.0916 e. The normalized spacial score (nSPS) is 21.0. The number of methoxy groups -OCH3 is 1. The molecule has 1 atom stereocenters. The Balaban J connectivity index is 2.10. The number of hydrogen-bond acceptors (Lipinski definition) is 3. The van der Waals surface area contributed by atoms with Gasteiger partial charge in [0.15, 0.2) is 0 Å². The lowest BCUT2D eigenvalue weighted by Gasteiger charge is -2.28. The molecule has 1 N–H and O–H groups in total. The second kappa shape index (κ2) is 5.57. The van der Waals surface area contributed by atoms with Crippen LogP contribution in [-0.2, 0) is 16.0 Å². The lowest BCUT2D eigenvalue weighted by Crippen LogP contribution is -2.32. The van der Waals surface area contributed by atoms with Gasteiger partial charge < -0.3 is 4.74 Å². The summed E-state index contributed by atoms with van der Waals surface area (Å²) in [6, 6.07) is 6.26. The van der Waals surface area contributed by atoms with Crippen LogP contribution in [0.5, 0.6) is 0 Å². The van der Waals surface area contributed by atoms with E-state index in [9.17, 15) is 0 Å². The highest BCUT2D eigenvalue weighted by Crippen LogP contribution is 2.45. The largest absolute Gasteiger partial charge is 0.382 e. The minimum absolute atomic E-state index is 0.125. The van der Waals surface area contributed by atoms with E-state index in [0.717, 1.165) is 11.4 Å². The van der Waals surface area contributed by atoms with Crippen molar-refractivity contribution in [2.24, 2.45) is 5.41 Å². The van der Waals surface area contributed by atoms with E-state index < -0.39 is 0 Å². The predicted octanol–water partition coefficient (Wildman–Crippen LogP) is 3.13. The van der Waals surface area contributed by atoms with E-state index in [1.165, 1.54) is 11.1 Å². The zero-order valence-electron chi connectivity index (χ0n) is 11.1. The number of hydroxylamine groups is 1. The van der Waals surface area contributed by atoms with Crippen LogP contribution < -0.4 is 5.48 Å². The first-order valence-electron chi connectivity index (χ1n) is 6.19. The lowest BCUT2D eigenvalue weighted by molar-refractivity contribution is -0.0325. The maximum atomic E-state index is 6.08. The van der Waals surface area contributed by atoms with Crippen LogP contribution >= 0.6 is 11.6 Å². The summed E-state index contributed by atoms with van der Waals surface area (Å²) in [5.74, 6) is 0. The highest BCUT2D eigenvalue weighted by molar-refractivity contribution is 6.30. The Bertz CT molecular complexity index is 420. The van der Waals surface area contributed by atoms with Gasteiger partial charge in [-0.05, 0) is 35.1 Å². The summed E-state index contributed by atoms with van der Waals surface area (Å²) in [5.41, 5.74) is 5.86. The fourth-order valence-corrected chi connectivity index (χ4v) is 2.68. The molecule has 0 saturated heterocycles. The molecule has 0 bridgehead atoms. The zero-order valence-corrected chi connectivity index (χ0v) is 11.9. The molecule has 0 saturated carbocycles. The molecule has 0 aliphatic heterocycles. The number of ether oxygens (including phenoxy) is 1. The Kier molecular flexibility index (Phi) is 4.28. The van der Waals surface area contributed by atoms with Crippen LogP contribution in [0.3, 0.4) is 0 Å². The first kappa shape index (κ1) is 13.8. The van der Waals surface area contributed by atoms with Crippen LogP contribution in [0.1, 0.15) is 31.0 Å². The molecule has 0 radical (unpaired) electrons. The van der Waals surface area contributed by atoms with E-state index in [4.69, 9.17) is 21.2 Å². The molecule has 100 valence electrons. The average Bonchev–Trinajstić information content (AvgIpc) is 2.55. The predicted molar refractivity (Wildman–Crippen MR) is 72.6 cm³/mol. The Morgan fingerprint density at radius 2 is 2.17 bits per heavy atom. The van der Waals surface area contributed by atoms with E-state index in [1.54, 1.807) is 7.11 Å². The van der Waals surface area contributed by atoms with Gasteiger partial charge in [-0.2, -0.15) is 5.48 Å². The van der Waals surface area contributed by atoms with Gasteiger partial charge in [0.1, 0.15) is 0 Å². The summed E-state index contributed by atoms with van der Waals surface area (Å²) in [6.45, 7) is 5.60. The fraction of sp³-hybridized carbons (Fsp3) is 0.571. The number of rotatable bonds is 5. The Morgan fingerprint density at radius 1 is 1.39 bits per heavy atom. The van der Waals surface area contributed by atoms with E-state index in [-0.39, 0.29) is 11.5 Å². The SMILES string of the molecule is COCCONC1c2cc(Cl)ccc2CC1(C)C. The number of hydrogen-bond donors (Lipinski definition) is 1. The molecule has 1 aliphatic rings. The summed E-state index contributed by atoms with van der Waals surface area (Å²) in [4.78, 5) is 5.47. The van der Waals surface area contributed by atoms with Crippen molar-refractivity contribution in [1.29, 1.82) is 0 Å². The molecule has 0 spiro atoms. The molecule has 0 heterocycles. The second-order valence-corrected chi connectivity index (χ2v) is 5.84. The zero-order chi connectivity index (χ0) is 13.2.